The van der Waals surface area contributed by atoms with Crippen molar-refractivity contribution in [3.8, 4) is 0 Å². The lowest BCUT2D eigenvalue weighted by atomic mass is 10.1. The molecule has 0 saturated carbocycles. The summed E-state index contributed by atoms with van der Waals surface area (Å²) in [6.07, 6.45) is 1.36. The monoisotopic (exact) mass is 253 g/mol. The Morgan fingerprint density at radius 1 is 1.59 bits per heavy atom. The number of carbonyl (C=O) groups is 1. The summed E-state index contributed by atoms with van der Waals surface area (Å²) in [5.41, 5.74) is 1.25. The van der Waals surface area contributed by atoms with E-state index in [4.69, 9.17) is 16.0 Å². The number of furan rings is 1. The van der Waals surface area contributed by atoms with Gasteiger partial charge in [0.2, 0.25) is 5.22 Å². The Morgan fingerprint density at radius 2 is 2.35 bits per heavy atom. The predicted octanol–water partition coefficient (Wildman–Crippen LogP) is 3.03. The molecule has 5 nitrogen and oxygen atoms in total. The molecule has 17 heavy (non-hydrogen) atoms. The molecule has 0 aromatic carbocycles. The normalized spacial score (nSPS) is 10.8. The summed E-state index contributed by atoms with van der Waals surface area (Å²) in [6.45, 7) is 4.07. The van der Waals surface area contributed by atoms with Crippen molar-refractivity contribution >= 4 is 23.3 Å². The molecule has 0 radical (unpaired) electrons. The maximum atomic E-state index is 11.8. The molecule has 2 aromatic heterocycles. The lowest BCUT2D eigenvalue weighted by molar-refractivity contribution is 0.102. The van der Waals surface area contributed by atoms with E-state index in [1.807, 2.05) is 13.8 Å². The van der Waals surface area contributed by atoms with Gasteiger partial charge in [-0.2, -0.15) is 5.10 Å². The van der Waals surface area contributed by atoms with Crippen molar-refractivity contribution in [2.75, 3.05) is 5.32 Å². The van der Waals surface area contributed by atoms with Crippen LogP contribution in [0.4, 0.5) is 5.82 Å². The number of H-pyrrole nitrogens is 1. The fourth-order valence-corrected chi connectivity index (χ4v) is 1.54. The van der Waals surface area contributed by atoms with E-state index in [9.17, 15) is 4.79 Å². The van der Waals surface area contributed by atoms with E-state index in [-0.39, 0.29) is 11.1 Å². The van der Waals surface area contributed by atoms with Gasteiger partial charge in [0.15, 0.2) is 5.82 Å². The molecule has 0 fully saturated rings. The molecule has 6 heteroatoms. The number of halogens is 1. The number of aromatic amines is 1. The number of carbonyl (C=O) groups excluding carboxylic acids is 1. The zero-order chi connectivity index (χ0) is 12.4. The molecule has 0 aliphatic carbocycles. The Labute approximate surface area is 103 Å². The Morgan fingerprint density at radius 3 is 2.88 bits per heavy atom. The van der Waals surface area contributed by atoms with Crippen molar-refractivity contribution in [1.29, 1.82) is 0 Å². The summed E-state index contributed by atoms with van der Waals surface area (Å²) in [7, 11) is 0. The molecule has 0 bridgehead atoms. The number of amides is 1. The van der Waals surface area contributed by atoms with E-state index in [0.29, 0.717) is 17.3 Å². The van der Waals surface area contributed by atoms with Gasteiger partial charge in [0.05, 0.1) is 11.8 Å². The van der Waals surface area contributed by atoms with Crippen LogP contribution >= 0.6 is 11.6 Å². The van der Waals surface area contributed by atoms with Gasteiger partial charge in [-0.1, -0.05) is 13.8 Å². The van der Waals surface area contributed by atoms with Crippen molar-refractivity contribution in [3.63, 3.8) is 0 Å². The summed E-state index contributed by atoms with van der Waals surface area (Å²) in [5, 5.41) is 9.54. The minimum atomic E-state index is -0.342. The molecular weight excluding hydrogens is 242 g/mol. The highest BCUT2D eigenvalue weighted by Crippen LogP contribution is 2.19. The molecule has 0 atom stereocenters. The SMILES string of the molecule is CC(C)c1cc(NC(=O)c2ccoc2Cl)n[nH]1. The average molecular weight is 254 g/mol. The van der Waals surface area contributed by atoms with E-state index < -0.39 is 0 Å². The molecule has 2 N–H and O–H groups in total. The number of aromatic nitrogens is 2. The fraction of sp³-hybridized carbons (Fsp3) is 0.273. The predicted molar refractivity (Wildman–Crippen MR) is 64.3 cm³/mol. The van der Waals surface area contributed by atoms with Crippen LogP contribution in [-0.2, 0) is 0 Å². The van der Waals surface area contributed by atoms with Crippen LogP contribution in [0.5, 0.6) is 0 Å². The van der Waals surface area contributed by atoms with Gasteiger partial charge in [-0.05, 0) is 23.6 Å². The van der Waals surface area contributed by atoms with E-state index in [1.165, 1.54) is 12.3 Å². The van der Waals surface area contributed by atoms with Crippen LogP contribution in [0.3, 0.4) is 0 Å². The van der Waals surface area contributed by atoms with Crippen LogP contribution in [0.2, 0.25) is 5.22 Å². The fourth-order valence-electron chi connectivity index (χ4n) is 1.34. The van der Waals surface area contributed by atoms with Gasteiger partial charge in [-0.3, -0.25) is 9.89 Å². The van der Waals surface area contributed by atoms with Crippen molar-refractivity contribution in [2.45, 2.75) is 19.8 Å². The number of hydrogen-bond donors (Lipinski definition) is 2. The van der Waals surface area contributed by atoms with Crippen molar-refractivity contribution < 1.29 is 9.21 Å². The number of hydrogen-bond acceptors (Lipinski definition) is 3. The molecule has 90 valence electrons. The minimum absolute atomic E-state index is 0.0714. The first-order valence-corrected chi connectivity index (χ1v) is 5.55. The Hall–Kier alpha value is -1.75. The Balaban J connectivity index is 2.11. The minimum Gasteiger partial charge on any atom is -0.452 e. The molecule has 0 aliphatic heterocycles. The molecule has 0 unspecified atom stereocenters. The first-order chi connectivity index (χ1) is 8.08. The Kier molecular flexibility index (Phi) is 3.19. The number of nitrogens with zero attached hydrogens (tertiary/aromatic N) is 1. The van der Waals surface area contributed by atoms with Crippen LogP contribution in [0.25, 0.3) is 0 Å². The molecule has 2 aromatic rings. The topological polar surface area (TPSA) is 70.9 Å². The van der Waals surface area contributed by atoms with Gasteiger partial charge >= 0.3 is 0 Å². The summed E-state index contributed by atoms with van der Waals surface area (Å²) in [4.78, 5) is 11.8. The smallest absolute Gasteiger partial charge is 0.261 e. The third-order valence-electron chi connectivity index (χ3n) is 2.32. The molecule has 0 saturated heterocycles. The van der Waals surface area contributed by atoms with Gasteiger partial charge in [-0.25, -0.2) is 0 Å². The second-order valence-electron chi connectivity index (χ2n) is 3.93. The van der Waals surface area contributed by atoms with Crippen molar-refractivity contribution in [1.82, 2.24) is 10.2 Å². The van der Waals surface area contributed by atoms with E-state index >= 15 is 0 Å². The molecule has 2 rings (SSSR count). The maximum Gasteiger partial charge on any atom is 0.261 e. The van der Waals surface area contributed by atoms with Crippen LogP contribution in [0, 0.1) is 0 Å². The third-order valence-corrected chi connectivity index (χ3v) is 2.62. The maximum absolute atomic E-state index is 11.8. The zero-order valence-electron chi connectivity index (χ0n) is 9.45. The molecule has 0 spiro atoms. The quantitative estimate of drug-likeness (QED) is 0.883. The largest absolute Gasteiger partial charge is 0.452 e. The van der Waals surface area contributed by atoms with E-state index in [1.54, 1.807) is 6.07 Å². The summed E-state index contributed by atoms with van der Waals surface area (Å²) in [6, 6.07) is 3.30. The van der Waals surface area contributed by atoms with Crippen molar-refractivity contribution in [3.05, 3.63) is 34.9 Å². The first kappa shape index (κ1) is 11.7. The van der Waals surface area contributed by atoms with E-state index in [0.717, 1.165) is 5.69 Å². The van der Waals surface area contributed by atoms with Crippen LogP contribution in [0.1, 0.15) is 35.8 Å². The zero-order valence-corrected chi connectivity index (χ0v) is 10.2. The highest BCUT2D eigenvalue weighted by molar-refractivity contribution is 6.32. The second-order valence-corrected chi connectivity index (χ2v) is 4.27. The molecule has 2 heterocycles. The van der Waals surface area contributed by atoms with E-state index in [2.05, 4.69) is 15.5 Å². The van der Waals surface area contributed by atoms with Gasteiger partial charge in [0, 0.05) is 11.8 Å². The lowest BCUT2D eigenvalue weighted by Gasteiger charge is -1.99. The Bertz CT molecular complexity index is 530. The molecule has 1 amide bonds. The highest BCUT2D eigenvalue weighted by Gasteiger charge is 2.14. The molecular formula is C11H12ClN3O2. The van der Waals surface area contributed by atoms with Gasteiger partial charge in [0.25, 0.3) is 5.91 Å². The highest BCUT2D eigenvalue weighted by atomic mass is 35.5. The summed E-state index contributed by atoms with van der Waals surface area (Å²) >= 11 is 5.70. The van der Waals surface area contributed by atoms with Crippen LogP contribution < -0.4 is 5.32 Å². The third kappa shape index (κ3) is 2.50. The second kappa shape index (κ2) is 4.63. The number of anilines is 1. The number of nitrogens with one attached hydrogen (secondary N) is 2. The lowest BCUT2D eigenvalue weighted by Crippen LogP contribution is -2.11. The first-order valence-electron chi connectivity index (χ1n) is 5.17. The van der Waals surface area contributed by atoms with Gasteiger partial charge in [0.1, 0.15) is 0 Å². The van der Waals surface area contributed by atoms with Crippen molar-refractivity contribution in [2.24, 2.45) is 0 Å². The molecule has 0 aliphatic rings. The van der Waals surface area contributed by atoms with Crippen LogP contribution in [0.15, 0.2) is 22.8 Å². The van der Waals surface area contributed by atoms with Gasteiger partial charge in [-0.15, -0.1) is 0 Å². The van der Waals surface area contributed by atoms with Gasteiger partial charge < -0.3 is 9.73 Å². The number of rotatable bonds is 3. The van der Waals surface area contributed by atoms with Crippen LogP contribution in [-0.4, -0.2) is 16.1 Å². The summed E-state index contributed by atoms with van der Waals surface area (Å²) in [5.74, 6) is 0.451. The summed E-state index contributed by atoms with van der Waals surface area (Å²) < 4.78 is 4.84. The average Bonchev–Trinajstić information content (AvgIpc) is 2.86. The standard InChI is InChI=1S/C11H12ClN3O2/c1-6(2)8-5-9(15-14-8)13-11(16)7-3-4-17-10(7)12/h3-6H,1-2H3,(H2,13,14,15,16).